The molecule has 1 nitrogen and oxygen atoms in total. The van der Waals surface area contributed by atoms with Gasteiger partial charge in [-0.1, -0.05) is 29.8 Å². The first-order valence-electron chi connectivity index (χ1n) is 5.38. The third kappa shape index (κ3) is 1.56. The predicted molar refractivity (Wildman–Crippen MR) is 58.1 cm³/mol. The molecule has 13 heavy (non-hydrogen) atoms. The Labute approximate surface area is 89.4 Å². The van der Waals surface area contributed by atoms with Crippen molar-refractivity contribution >= 4 is 15.9 Å². The number of hydrogen-bond donors (Lipinski definition) is 0. The van der Waals surface area contributed by atoms with Crippen molar-refractivity contribution in [2.75, 3.05) is 11.9 Å². The molecule has 2 heteroatoms. The van der Waals surface area contributed by atoms with E-state index in [1.54, 1.807) is 0 Å². The second-order valence-corrected chi connectivity index (χ2v) is 5.46. The summed E-state index contributed by atoms with van der Waals surface area (Å²) in [5.74, 6) is 1.61. The van der Waals surface area contributed by atoms with Gasteiger partial charge in [-0.05, 0) is 31.1 Å². The van der Waals surface area contributed by atoms with Crippen LogP contribution in [0.1, 0.15) is 33.1 Å². The normalized spacial score (nSPS) is 40.2. The van der Waals surface area contributed by atoms with Crippen molar-refractivity contribution in [3.8, 4) is 0 Å². The minimum absolute atomic E-state index is 0.432. The van der Waals surface area contributed by atoms with Crippen molar-refractivity contribution < 1.29 is 4.74 Å². The Morgan fingerprint density at radius 3 is 2.62 bits per heavy atom. The Balaban J connectivity index is 2.15. The summed E-state index contributed by atoms with van der Waals surface area (Å²) in [5.41, 5.74) is 0.432. The van der Waals surface area contributed by atoms with E-state index in [4.69, 9.17) is 4.74 Å². The summed E-state index contributed by atoms with van der Waals surface area (Å²) >= 11 is 3.69. The molecule has 2 unspecified atom stereocenters. The summed E-state index contributed by atoms with van der Waals surface area (Å²) in [4.78, 5) is 0. The van der Waals surface area contributed by atoms with Crippen LogP contribution in [0, 0.1) is 17.3 Å². The molecular formula is C11H19BrO. The Morgan fingerprint density at radius 1 is 1.46 bits per heavy atom. The standard InChI is InChI=1S/C11H19BrO/c1-8(2)11(7-12)5-6-13-10(11)9-3-4-9/h8-10H,3-7H2,1-2H3. The van der Waals surface area contributed by atoms with Gasteiger partial charge in [0.25, 0.3) is 0 Å². The van der Waals surface area contributed by atoms with Crippen LogP contribution in [0.2, 0.25) is 0 Å². The van der Waals surface area contributed by atoms with Gasteiger partial charge in [0.2, 0.25) is 0 Å². The second kappa shape index (κ2) is 3.54. The SMILES string of the molecule is CC(C)C1(CBr)CCOC1C1CC1. The van der Waals surface area contributed by atoms with Crippen LogP contribution >= 0.6 is 15.9 Å². The van der Waals surface area contributed by atoms with E-state index in [1.165, 1.54) is 19.3 Å². The van der Waals surface area contributed by atoms with E-state index in [1.807, 2.05) is 0 Å². The first kappa shape index (κ1) is 9.97. The highest BCUT2D eigenvalue weighted by atomic mass is 79.9. The molecule has 76 valence electrons. The van der Waals surface area contributed by atoms with Crippen LogP contribution in [-0.4, -0.2) is 18.0 Å². The molecular weight excluding hydrogens is 228 g/mol. The highest BCUT2D eigenvalue weighted by Gasteiger charge is 2.51. The van der Waals surface area contributed by atoms with E-state index < -0.39 is 0 Å². The Morgan fingerprint density at radius 2 is 2.15 bits per heavy atom. The van der Waals surface area contributed by atoms with E-state index >= 15 is 0 Å². The zero-order valence-corrected chi connectivity index (χ0v) is 10.1. The van der Waals surface area contributed by atoms with Gasteiger partial charge in [0.05, 0.1) is 6.10 Å². The Hall–Kier alpha value is 0.440. The van der Waals surface area contributed by atoms with Gasteiger partial charge in [0.15, 0.2) is 0 Å². The first-order chi connectivity index (χ1) is 6.20. The molecule has 1 aliphatic heterocycles. The molecule has 1 heterocycles. The molecule has 2 atom stereocenters. The molecule has 0 aromatic heterocycles. The zero-order valence-electron chi connectivity index (χ0n) is 8.55. The van der Waals surface area contributed by atoms with Gasteiger partial charge in [-0.3, -0.25) is 0 Å². The van der Waals surface area contributed by atoms with Gasteiger partial charge in [-0.2, -0.15) is 0 Å². The minimum atomic E-state index is 0.432. The van der Waals surface area contributed by atoms with Crippen molar-refractivity contribution in [2.45, 2.75) is 39.2 Å². The third-order valence-electron chi connectivity index (χ3n) is 3.88. The quantitative estimate of drug-likeness (QED) is 0.696. The molecule has 2 fully saturated rings. The van der Waals surface area contributed by atoms with Crippen LogP contribution in [0.5, 0.6) is 0 Å². The lowest BCUT2D eigenvalue weighted by Crippen LogP contribution is -2.39. The number of rotatable bonds is 3. The van der Waals surface area contributed by atoms with E-state index in [2.05, 4.69) is 29.8 Å². The summed E-state index contributed by atoms with van der Waals surface area (Å²) in [5, 5.41) is 1.11. The maximum absolute atomic E-state index is 5.92. The summed E-state index contributed by atoms with van der Waals surface area (Å²) < 4.78 is 5.92. The minimum Gasteiger partial charge on any atom is -0.377 e. The fraction of sp³-hybridized carbons (Fsp3) is 1.00. The molecule has 0 amide bonds. The van der Waals surface area contributed by atoms with Crippen molar-refractivity contribution in [2.24, 2.45) is 17.3 Å². The monoisotopic (exact) mass is 246 g/mol. The van der Waals surface area contributed by atoms with Crippen LogP contribution in [0.25, 0.3) is 0 Å². The lowest BCUT2D eigenvalue weighted by atomic mass is 9.72. The van der Waals surface area contributed by atoms with Gasteiger partial charge < -0.3 is 4.74 Å². The molecule has 0 aromatic rings. The molecule has 0 spiro atoms. The maximum atomic E-state index is 5.92. The molecule has 0 N–H and O–H groups in total. The predicted octanol–water partition coefficient (Wildman–Crippen LogP) is 3.22. The summed E-state index contributed by atoms with van der Waals surface area (Å²) in [6.07, 6.45) is 4.59. The summed E-state index contributed by atoms with van der Waals surface area (Å²) in [6, 6.07) is 0. The molecule has 1 saturated heterocycles. The van der Waals surface area contributed by atoms with Crippen LogP contribution < -0.4 is 0 Å². The molecule has 0 radical (unpaired) electrons. The molecule has 0 bridgehead atoms. The van der Waals surface area contributed by atoms with Gasteiger partial charge in [0, 0.05) is 17.4 Å². The van der Waals surface area contributed by atoms with Gasteiger partial charge >= 0.3 is 0 Å². The van der Waals surface area contributed by atoms with Gasteiger partial charge in [-0.15, -0.1) is 0 Å². The third-order valence-corrected chi connectivity index (χ3v) is 4.92. The molecule has 2 rings (SSSR count). The molecule has 1 saturated carbocycles. The van der Waals surface area contributed by atoms with Crippen molar-refractivity contribution in [3.05, 3.63) is 0 Å². The fourth-order valence-electron chi connectivity index (χ4n) is 2.60. The van der Waals surface area contributed by atoms with Gasteiger partial charge in [0.1, 0.15) is 0 Å². The first-order valence-corrected chi connectivity index (χ1v) is 6.50. The number of hydrogen-bond acceptors (Lipinski definition) is 1. The van der Waals surface area contributed by atoms with Crippen LogP contribution in [0.3, 0.4) is 0 Å². The van der Waals surface area contributed by atoms with Crippen molar-refractivity contribution in [1.82, 2.24) is 0 Å². The largest absolute Gasteiger partial charge is 0.377 e. The zero-order chi connectivity index (χ0) is 9.47. The number of alkyl halides is 1. The topological polar surface area (TPSA) is 9.23 Å². The molecule has 1 aliphatic carbocycles. The van der Waals surface area contributed by atoms with E-state index in [0.29, 0.717) is 11.5 Å². The van der Waals surface area contributed by atoms with E-state index in [-0.39, 0.29) is 0 Å². The average molecular weight is 247 g/mol. The highest BCUT2D eigenvalue weighted by molar-refractivity contribution is 9.09. The van der Waals surface area contributed by atoms with E-state index in [9.17, 15) is 0 Å². The van der Waals surface area contributed by atoms with Crippen LogP contribution in [0.15, 0.2) is 0 Å². The molecule has 2 aliphatic rings. The Bertz CT molecular complexity index is 189. The van der Waals surface area contributed by atoms with Crippen LogP contribution in [0.4, 0.5) is 0 Å². The van der Waals surface area contributed by atoms with Gasteiger partial charge in [-0.25, -0.2) is 0 Å². The van der Waals surface area contributed by atoms with Crippen molar-refractivity contribution in [1.29, 1.82) is 0 Å². The maximum Gasteiger partial charge on any atom is 0.0670 e. The number of ether oxygens (including phenoxy) is 1. The van der Waals surface area contributed by atoms with Crippen molar-refractivity contribution in [3.63, 3.8) is 0 Å². The molecule has 0 aromatic carbocycles. The lowest BCUT2D eigenvalue weighted by Gasteiger charge is -2.36. The fourth-order valence-corrected chi connectivity index (χ4v) is 3.85. The highest BCUT2D eigenvalue weighted by Crippen LogP contribution is 2.52. The lowest BCUT2D eigenvalue weighted by molar-refractivity contribution is 0.0207. The number of halogens is 1. The van der Waals surface area contributed by atoms with E-state index in [0.717, 1.165) is 23.8 Å². The second-order valence-electron chi connectivity index (χ2n) is 4.90. The summed E-state index contributed by atoms with van der Waals surface area (Å²) in [6.45, 7) is 5.65. The summed E-state index contributed by atoms with van der Waals surface area (Å²) in [7, 11) is 0. The Kier molecular flexibility index (Phi) is 2.72. The van der Waals surface area contributed by atoms with Crippen LogP contribution in [-0.2, 0) is 4.74 Å². The smallest absolute Gasteiger partial charge is 0.0670 e. The average Bonchev–Trinajstić information content (AvgIpc) is 2.85.